The average molecular weight is 326 g/mol. The first kappa shape index (κ1) is 16.5. The molecule has 1 amide bonds. The number of carbonyl (C=O) groups excluding carboxylic acids is 1. The number of para-hydroxylation sites is 1. The summed E-state index contributed by atoms with van der Waals surface area (Å²) in [6.45, 7) is 5.44. The molecule has 1 aliphatic heterocycles. The zero-order chi connectivity index (χ0) is 17.6. The SMILES string of the molecule is CC(C)(C)OC(=O)N1c2ccccc2C(O)(CC#N)C12CC=CC2. The van der Waals surface area contributed by atoms with Gasteiger partial charge in [0.1, 0.15) is 11.2 Å². The fourth-order valence-corrected chi connectivity index (χ4v) is 3.80. The molecule has 0 saturated carbocycles. The molecule has 1 atom stereocenters. The summed E-state index contributed by atoms with van der Waals surface area (Å²) in [7, 11) is 0. The van der Waals surface area contributed by atoms with E-state index in [0.717, 1.165) is 0 Å². The van der Waals surface area contributed by atoms with Gasteiger partial charge in [-0.3, -0.25) is 4.90 Å². The van der Waals surface area contributed by atoms with Crippen LogP contribution in [0, 0.1) is 11.3 Å². The first-order chi connectivity index (χ1) is 11.3. The number of nitrogens with zero attached hydrogens (tertiary/aromatic N) is 2. The van der Waals surface area contributed by atoms with E-state index < -0.39 is 22.8 Å². The number of hydrogen-bond acceptors (Lipinski definition) is 4. The number of aliphatic hydroxyl groups is 1. The van der Waals surface area contributed by atoms with Gasteiger partial charge < -0.3 is 9.84 Å². The molecule has 0 aromatic heterocycles. The van der Waals surface area contributed by atoms with Crippen LogP contribution in [0.25, 0.3) is 0 Å². The maximum Gasteiger partial charge on any atom is 0.415 e. The predicted molar refractivity (Wildman–Crippen MR) is 90.4 cm³/mol. The molecule has 1 unspecified atom stereocenters. The second kappa shape index (κ2) is 5.35. The lowest BCUT2D eigenvalue weighted by Gasteiger charge is -2.43. The highest BCUT2D eigenvalue weighted by atomic mass is 16.6. The van der Waals surface area contributed by atoms with Crippen molar-refractivity contribution in [2.24, 2.45) is 0 Å². The number of carbonyl (C=O) groups is 1. The first-order valence-electron chi connectivity index (χ1n) is 8.12. The van der Waals surface area contributed by atoms with Gasteiger partial charge in [0.15, 0.2) is 0 Å². The fraction of sp³-hybridized carbons (Fsp3) is 0.474. The highest BCUT2D eigenvalue weighted by Crippen LogP contribution is 2.57. The van der Waals surface area contributed by atoms with E-state index in [4.69, 9.17) is 4.74 Å². The standard InChI is InChI=1S/C19H22N2O3/c1-17(2,3)24-16(22)21-15-9-5-4-8-14(15)19(23,12-13-20)18(21)10-6-7-11-18/h4-9,23H,10-12H2,1-3H3. The average Bonchev–Trinajstić information content (AvgIpc) is 3.03. The Morgan fingerprint density at radius 2 is 1.96 bits per heavy atom. The van der Waals surface area contributed by atoms with Gasteiger partial charge in [-0.15, -0.1) is 0 Å². The van der Waals surface area contributed by atoms with Crippen LogP contribution in [0.3, 0.4) is 0 Å². The summed E-state index contributed by atoms with van der Waals surface area (Å²) < 4.78 is 5.60. The van der Waals surface area contributed by atoms with Crippen LogP contribution in [0.2, 0.25) is 0 Å². The smallest absolute Gasteiger partial charge is 0.415 e. The lowest BCUT2D eigenvalue weighted by Crippen LogP contribution is -2.59. The van der Waals surface area contributed by atoms with Crippen molar-refractivity contribution in [1.29, 1.82) is 5.26 Å². The zero-order valence-corrected chi connectivity index (χ0v) is 14.2. The van der Waals surface area contributed by atoms with Crippen LogP contribution >= 0.6 is 0 Å². The molecule has 2 aliphatic rings. The Morgan fingerprint density at radius 1 is 1.33 bits per heavy atom. The number of ether oxygens (including phenoxy) is 1. The van der Waals surface area contributed by atoms with Crippen LogP contribution < -0.4 is 4.90 Å². The molecule has 5 nitrogen and oxygen atoms in total. The Bertz CT molecular complexity index is 734. The van der Waals surface area contributed by atoms with Crippen LogP contribution in [0.15, 0.2) is 36.4 Å². The maximum absolute atomic E-state index is 13.0. The van der Waals surface area contributed by atoms with Gasteiger partial charge in [0.25, 0.3) is 0 Å². The number of fused-ring (bicyclic) bond motifs is 1. The van der Waals surface area contributed by atoms with E-state index in [2.05, 4.69) is 6.07 Å². The number of rotatable bonds is 1. The summed E-state index contributed by atoms with van der Waals surface area (Å²) in [5.74, 6) is 0. The molecule has 0 fully saturated rings. The number of benzene rings is 1. The highest BCUT2D eigenvalue weighted by Gasteiger charge is 2.63. The third-order valence-corrected chi connectivity index (χ3v) is 4.78. The van der Waals surface area contributed by atoms with Crippen LogP contribution in [0.1, 0.15) is 45.6 Å². The number of amides is 1. The quantitative estimate of drug-likeness (QED) is 0.800. The van der Waals surface area contributed by atoms with Crippen molar-refractivity contribution < 1.29 is 14.6 Å². The van der Waals surface area contributed by atoms with E-state index >= 15 is 0 Å². The largest absolute Gasteiger partial charge is 0.443 e. The van der Waals surface area contributed by atoms with Crippen molar-refractivity contribution in [3.05, 3.63) is 42.0 Å². The topological polar surface area (TPSA) is 73.6 Å². The van der Waals surface area contributed by atoms with Gasteiger partial charge in [-0.2, -0.15) is 5.26 Å². The normalized spacial score (nSPS) is 24.0. The highest BCUT2D eigenvalue weighted by molar-refractivity contribution is 5.94. The van der Waals surface area contributed by atoms with Gasteiger partial charge in [-0.25, -0.2) is 4.79 Å². The van der Waals surface area contributed by atoms with E-state index in [-0.39, 0.29) is 6.42 Å². The van der Waals surface area contributed by atoms with Gasteiger partial charge in [0.05, 0.1) is 23.7 Å². The molecule has 0 saturated heterocycles. The Kier molecular flexibility index (Phi) is 3.69. The van der Waals surface area contributed by atoms with Crippen molar-refractivity contribution in [3.8, 4) is 6.07 Å². The fourth-order valence-electron chi connectivity index (χ4n) is 3.80. The minimum atomic E-state index is -1.42. The predicted octanol–water partition coefficient (Wildman–Crippen LogP) is 3.63. The summed E-state index contributed by atoms with van der Waals surface area (Å²) >= 11 is 0. The van der Waals surface area contributed by atoms with Crippen molar-refractivity contribution in [2.45, 2.75) is 56.8 Å². The van der Waals surface area contributed by atoms with Gasteiger partial charge in [0, 0.05) is 5.56 Å². The summed E-state index contributed by atoms with van der Waals surface area (Å²) in [6.07, 6.45) is 4.30. The monoisotopic (exact) mass is 326 g/mol. The van der Waals surface area contributed by atoms with Gasteiger partial charge in [0.2, 0.25) is 0 Å². The second-order valence-corrected chi connectivity index (χ2v) is 7.44. The van der Waals surface area contributed by atoms with Crippen molar-refractivity contribution in [1.82, 2.24) is 0 Å². The summed E-state index contributed by atoms with van der Waals surface area (Å²) in [4.78, 5) is 14.5. The minimum Gasteiger partial charge on any atom is -0.443 e. The van der Waals surface area contributed by atoms with Crippen molar-refractivity contribution in [2.75, 3.05) is 4.90 Å². The maximum atomic E-state index is 13.0. The molecule has 1 N–H and O–H groups in total. The van der Waals surface area contributed by atoms with E-state index in [1.807, 2.05) is 45.1 Å². The van der Waals surface area contributed by atoms with Crippen LogP contribution in [0.5, 0.6) is 0 Å². The Balaban J connectivity index is 2.16. The van der Waals surface area contributed by atoms with Crippen LogP contribution in [-0.2, 0) is 10.3 Å². The third-order valence-electron chi connectivity index (χ3n) is 4.78. The molecule has 126 valence electrons. The van der Waals surface area contributed by atoms with Gasteiger partial charge in [-0.1, -0.05) is 30.4 Å². The third kappa shape index (κ3) is 2.22. The van der Waals surface area contributed by atoms with Crippen molar-refractivity contribution in [3.63, 3.8) is 0 Å². The molecule has 24 heavy (non-hydrogen) atoms. The molecule has 1 spiro atoms. The molecule has 1 heterocycles. The lowest BCUT2D eigenvalue weighted by molar-refractivity contribution is -0.0282. The van der Waals surface area contributed by atoms with Gasteiger partial charge in [-0.05, 0) is 39.7 Å². The molecule has 0 radical (unpaired) electrons. The second-order valence-electron chi connectivity index (χ2n) is 7.44. The molecular weight excluding hydrogens is 304 g/mol. The lowest BCUT2D eigenvalue weighted by atomic mass is 9.74. The molecule has 1 aliphatic carbocycles. The summed E-state index contributed by atoms with van der Waals surface area (Å²) in [5.41, 5.74) is -1.74. The van der Waals surface area contributed by atoms with E-state index in [9.17, 15) is 15.2 Å². The van der Waals surface area contributed by atoms with E-state index in [1.165, 1.54) is 0 Å². The van der Waals surface area contributed by atoms with Crippen molar-refractivity contribution >= 4 is 11.8 Å². The number of nitriles is 1. The first-order valence-corrected chi connectivity index (χ1v) is 8.12. The summed E-state index contributed by atoms with van der Waals surface area (Å²) in [6, 6.07) is 9.32. The minimum absolute atomic E-state index is 0.0784. The summed E-state index contributed by atoms with van der Waals surface area (Å²) in [5, 5.41) is 20.8. The number of anilines is 1. The molecule has 5 heteroatoms. The van der Waals surface area contributed by atoms with Crippen LogP contribution in [0.4, 0.5) is 10.5 Å². The van der Waals surface area contributed by atoms with E-state index in [0.29, 0.717) is 24.1 Å². The Labute approximate surface area is 142 Å². The Hall–Kier alpha value is -2.32. The van der Waals surface area contributed by atoms with Gasteiger partial charge >= 0.3 is 6.09 Å². The molecule has 3 rings (SSSR count). The number of hydrogen-bond donors (Lipinski definition) is 1. The molecule has 1 aromatic rings. The van der Waals surface area contributed by atoms with Crippen LogP contribution in [-0.4, -0.2) is 22.3 Å². The molecule has 1 aromatic carbocycles. The molecule has 0 bridgehead atoms. The molecular formula is C19H22N2O3. The zero-order valence-electron chi connectivity index (χ0n) is 14.2. The Morgan fingerprint density at radius 3 is 2.54 bits per heavy atom. The van der Waals surface area contributed by atoms with E-state index in [1.54, 1.807) is 17.0 Å².